The summed E-state index contributed by atoms with van der Waals surface area (Å²) in [6.07, 6.45) is 0. The normalized spacial score (nSPS) is 10.9. The van der Waals surface area contributed by atoms with Gasteiger partial charge in [-0.25, -0.2) is 0 Å². The lowest BCUT2D eigenvalue weighted by Gasteiger charge is -2.01. The number of aliphatic carboxylic acids is 1. The van der Waals surface area contributed by atoms with Crippen molar-refractivity contribution in [2.75, 3.05) is 6.61 Å². The Morgan fingerprint density at radius 3 is 1.91 bits per heavy atom. The van der Waals surface area contributed by atoms with Crippen molar-refractivity contribution in [1.29, 1.82) is 0 Å². The second-order valence-electron chi connectivity index (χ2n) is 2.02. The van der Waals surface area contributed by atoms with Crippen molar-refractivity contribution >= 4 is 21.9 Å². The highest BCUT2D eigenvalue weighted by atomic mass is 79.9. The van der Waals surface area contributed by atoms with Crippen LogP contribution in [0.1, 0.15) is 13.8 Å². The molecule has 3 nitrogen and oxygen atoms in total. The maximum atomic E-state index is 9.00. The molecule has 0 spiro atoms. The van der Waals surface area contributed by atoms with Crippen molar-refractivity contribution < 1.29 is 15.0 Å². The standard InChI is InChI=1S/C5H9BrO.C2H4O2/c1-4(2)5(6)3-7;1-2(3)4/h5,7H,1,3H2,2H3;1H3,(H,3,4). The van der Waals surface area contributed by atoms with Gasteiger partial charge in [-0.05, 0) is 6.92 Å². The molecule has 1 atom stereocenters. The minimum Gasteiger partial charge on any atom is -0.481 e. The first-order valence-corrected chi connectivity index (χ1v) is 3.93. The van der Waals surface area contributed by atoms with E-state index in [9.17, 15) is 0 Å². The minimum atomic E-state index is -0.833. The largest absolute Gasteiger partial charge is 0.481 e. The zero-order valence-corrected chi connectivity index (χ0v) is 8.26. The molecule has 0 aromatic heterocycles. The Labute approximate surface area is 74.9 Å². The van der Waals surface area contributed by atoms with E-state index in [1.165, 1.54) is 0 Å². The van der Waals surface area contributed by atoms with Gasteiger partial charge in [0.1, 0.15) is 0 Å². The first-order chi connectivity index (χ1) is 4.91. The fraction of sp³-hybridized carbons (Fsp3) is 0.571. The Morgan fingerprint density at radius 1 is 1.64 bits per heavy atom. The summed E-state index contributed by atoms with van der Waals surface area (Å²) in [4.78, 5) is 9.08. The van der Waals surface area contributed by atoms with Crippen LogP contribution in [0.5, 0.6) is 0 Å². The summed E-state index contributed by atoms with van der Waals surface area (Å²) in [5.41, 5.74) is 0.961. The third kappa shape index (κ3) is 17.7. The van der Waals surface area contributed by atoms with Gasteiger partial charge in [0.25, 0.3) is 5.97 Å². The summed E-state index contributed by atoms with van der Waals surface area (Å²) >= 11 is 3.19. The number of carboxylic acids is 1. The number of alkyl halides is 1. The first kappa shape index (κ1) is 13.3. The molecule has 2 N–H and O–H groups in total. The number of aliphatic hydroxyl groups is 1. The molecule has 0 saturated heterocycles. The van der Waals surface area contributed by atoms with Gasteiger partial charge in [0, 0.05) is 6.92 Å². The third-order valence-electron chi connectivity index (χ3n) is 0.695. The Bertz CT molecular complexity index is 130. The molecule has 0 amide bonds. The molecule has 0 radical (unpaired) electrons. The smallest absolute Gasteiger partial charge is 0.300 e. The molecule has 66 valence electrons. The fourth-order valence-electron chi connectivity index (χ4n) is 0.156. The van der Waals surface area contributed by atoms with Crippen LogP contribution in [0.3, 0.4) is 0 Å². The van der Waals surface area contributed by atoms with E-state index in [1.54, 1.807) is 0 Å². The molecule has 0 saturated carbocycles. The third-order valence-corrected chi connectivity index (χ3v) is 1.77. The zero-order chi connectivity index (χ0) is 9.44. The van der Waals surface area contributed by atoms with E-state index in [0.29, 0.717) is 0 Å². The average molecular weight is 225 g/mol. The van der Waals surface area contributed by atoms with Crippen LogP contribution in [0.15, 0.2) is 12.2 Å². The summed E-state index contributed by atoms with van der Waals surface area (Å²) in [7, 11) is 0. The number of hydrogen-bond donors (Lipinski definition) is 2. The summed E-state index contributed by atoms with van der Waals surface area (Å²) in [6, 6.07) is 0. The average Bonchev–Trinajstić information content (AvgIpc) is 1.85. The van der Waals surface area contributed by atoms with Crippen LogP contribution in [0.2, 0.25) is 0 Å². The predicted molar refractivity (Wildman–Crippen MR) is 47.9 cm³/mol. The van der Waals surface area contributed by atoms with Crippen molar-refractivity contribution in [2.24, 2.45) is 0 Å². The first-order valence-electron chi connectivity index (χ1n) is 3.01. The molecule has 0 heterocycles. The molecular weight excluding hydrogens is 212 g/mol. The Balaban J connectivity index is 0. The molecule has 0 aliphatic carbocycles. The lowest BCUT2D eigenvalue weighted by molar-refractivity contribution is -0.134. The zero-order valence-electron chi connectivity index (χ0n) is 6.67. The molecule has 0 aliphatic rings. The lowest BCUT2D eigenvalue weighted by Crippen LogP contribution is -2.03. The van der Waals surface area contributed by atoms with Crippen LogP contribution in [-0.2, 0) is 4.79 Å². The second kappa shape index (κ2) is 7.75. The van der Waals surface area contributed by atoms with E-state index in [2.05, 4.69) is 22.5 Å². The number of halogens is 1. The minimum absolute atomic E-state index is 0.0764. The van der Waals surface area contributed by atoms with E-state index in [-0.39, 0.29) is 11.4 Å². The van der Waals surface area contributed by atoms with Crippen molar-refractivity contribution in [3.05, 3.63) is 12.2 Å². The van der Waals surface area contributed by atoms with Crippen molar-refractivity contribution in [2.45, 2.75) is 18.7 Å². The summed E-state index contributed by atoms with van der Waals surface area (Å²) in [5.74, 6) is -0.833. The van der Waals surface area contributed by atoms with Gasteiger partial charge in [-0.1, -0.05) is 28.1 Å². The van der Waals surface area contributed by atoms with Gasteiger partial charge < -0.3 is 10.2 Å². The Kier molecular flexibility index (Phi) is 9.34. The summed E-state index contributed by atoms with van der Waals surface area (Å²) < 4.78 is 0. The Hall–Kier alpha value is -0.350. The number of carboxylic acid groups (broad SMARTS) is 1. The number of rotatable bonds is 2. The van der Waals surface area contributed by atoms with E-state index in [1.807, 2.05) is 6.92 Å². The van der Waals surface area contributed by atoms with Gasteiger partial charge in [0.15, 0.2) is 0 Å². The molecule has 11 heavy (non-hydrogen) atoms. The molecule has 0 fully saturated rings. The molecule has 1 unspecified atom stereocenters. The van der Waals surface area contributed by atoms with Gasteiger partial charge in [0.05, 0.1) is 11.4 Å². The molecule has 0 aromatic rings. The molecule has 0 rings (SSSR count). The maximum Gasteiger partial charge on any atom is 0.300 e. The highest BCUT2D eigenvalue weighted by Crippen LogP contribution is 2.06. The van der Waals surface area contributed by atoms with Gasteiger partial charge in [-0.2, -0.15) is 0 Å². The topological polar surface area (TPSA) is 57.5 Å². The highest BCUT2D eigenvalue weighted by molar-refractivity contribution is 9.09. The SMILES string of the molecule is C=C(C)C(Br)CO.CC(=O)O. The molecular formula is C7H13BrO3. The van der Waals surface area contributed by atoms with Crippen molar-refractivity contribution in [1.82, 2.24) is 0 Å². The van der Waals surface area contributed by atoms with Crippen LogP contribution in [0.4, 0.5) is 0 Å². The van der Waals surface area contributed by atoms with Crippen LogP contribution in [0.25, 0.3) is 0 Å². The van der Waals surface area contributed by atoms with Crippen molar-refractivity contribution in [3.63, 3.8) is 0 Å². The number of aliphatic hydroxyl groups excluding tert-OH is 1. The quantitative estimate of drug-likeness (QED) is 0.551. The fourth-order valence-corrected chi connectivity index (χ4v) is 0.156. The number of carbonyl (C=O) groups is 1. The summed E-state index contributed by atoms with van der Waals surface area (Å²) in [5, 5.41) is 15.8. The van der Waals surface area contributed by atoms with Crippen LogP contribution in [0, 0.1) is 0 Å². The predicted octanol–water partition coefficient (Wildman–Crippen LogP) is 1.41. The Morgan fingerprint density at radius 2 is 1.91 bits per heavy atom. The molecule has 0 aliphatic heterocycles. The van der Waals surface area contributed by atoms with Crippen LogP contribution in [-0.4, -0.2) is 27.6 Å². The molecule has 0 aromatic carbocycles. The van der Waals surface area contributed by atoms with Gasteiger partial charge >= 0.3 is 0 Å². The van der Waals surface area contributed by atoms with E-state index >= 15 is 0 Å². The summed E-state index contributed by atoms with van der Waals surface area (Å²) in [6.45, 7) is 6.71. The van der Waals surface area contributed by atoms with E-state index in [4.69, 9.17) is 15.0 Å². The molecule has 0 bridgehead atoms. The highest BCUT2D eigenvalue weighted by Gasteiger charge is 1.98. The molecule has 4 heteroatoms. The van der Waals surface area contributed by atoms with Gasteiger partial charge in [-0.15, -0.1) is 0 Å². The number of hydrogen-bond acceptors (Lipinski definition) is 2. The van der Waals surface area contributed by atoms with Crippen molar-refractivity contribution in [3.8, 4) is 0 Å². The maximum absolute atomic E-state index is 9.00. The van der Waals surface area contributed by atoms with E-state index < -0.39 is 5.97 Å². The van der Waals surface area contributed by atoms with Gasteiger partial charge in [-0.3, -0.25) is 4.79 Å². The van der Waals surface area contributed by atoms with Crippen LogP contribution >= 0.6 is 15.9 Å². The lowest BCUT2D eigenvalue weighted by atomic mass is 10.3. The monoisotopic (exact) mass is 224 g/mol. The van der Waals surface area contributed by atoms with Crippen LogP contribution < -0.4 is 0 Å². The van der Waals surface area contributed by atoms with Gasteiger partial charge in [0.2, 0.25) is 0 Å². The second-order valence-corrected chi connectivity index (χ2v) is 3.12. The van der Waals surface area contributed by atoms with E-state index in [0.717, 1.165) is 12.5 Å².